The third kappa shape index (κ3) is 11.4. The maximum atomic E-state index is 16.7. The van der Waals surface area contributed by atoms with Crippen LogP contribution in [0.3, 0.4) is 0 Å². The van der Waals surface area contributed by atoms with Gasteiger partial charge >= 0.3 is 5.97 Å². The van der Waals surface area contributed by atoms with Crippen LogP contribution in [0.25, 0.3) is 16.7 Å². The number of phenols is 1. The number of hydrogen-bond donors (Lipinski definition) is 10. The molecule has 10 N–H and O–H groups in total. The van der Waals surface area contributed by atoms with E-state index in [1.807, 2.05) is 44.3 Å². The molecule has 1 aromatic heterocycles. The van der Waals surface area contributed by atoms with E-state index in [0.717, 1.165) is 116 Å². The van der Waals surface area contributed by atoms with E-state index in [2.05, 4.69) is 118 Å². The Kier molecular flexibility index (Phi) is 17.8. The first-order chi connectivity index (χ1) is 47.6. The van der Waals surface area contributed by atoms with Gasteiger partial charge in [0.1, 0.15) is 11.5 Å². The molecule has 4 aromatic carbocycles. The number of allylic oxidation sites excluding steroid dienone is 4. The molecule has 98 heavy (non-hydrogen) atoms. The molecule has 516 valence electrons. The largest absolute Gasteiger partial charge is 0.508 e. The van der Waals surface area contributed by atoms with Crippen LogP contribution in [0, 0.1) is 87.8 Å². The number of carbonyl (C=O) groups excluding carboxylic acids is 2. The van der Waals surface area contributed by atoms with Crippen LogP contribution in [0.2, 0.25) is 0 Å². The average molecular weight is 1320 g/mol. The first kappa shape index (κ1) is 65.9. The number of benzene rings is 4. The number of aromatic hydroxyl groups is 2. The Bertz CT molecular complexity index is 4050. The molecule has 18 rings (SSSR count). The zero-order chi connectivity index (χ0) is 67.2. The molecule has 5 aliphatic heterocycles. The van der Waals surface area contributed by atoms with Crippen LogP contribution in [-0.4, -0.2) is 94.5 Å². The van der Waals surface area contributed by atoms with Gasteiger partial charge in [-0.1, -0.05) is 110 Å². The Balaban J connectivity index is 0.896. The summed E-state index contributed by atoms with van der Waals surface area (Å²) in [5, 5.41) is 81.0. The highest BCUT2D eigenvalue weighted by molar-refractivity contribution is 6.07. The number of nitrogens with one attached hydrogen (secondary N) is 5. The second-order valence-corrected chi connectivity index (χ2v) is 32.2. The fourth-order valence-electron chi connectivity index (χ4n) is 22.5. The van der Waals surface area contributed by atoms with Crippen LogP contribution < -0.4 is 26.6 Å². The van der Waals surface area contributed by atoms with Crippen LogP contribution in [0.5, 0.6) is 11.7 Å². The minimum absolute atomic E-state index is 0.0106. The van der Waals surface area contributed by atoms with Crippen molar-refractivity contribution in [3.63, 3.8) is 0 Å². The third-order valence-electron chi connectivity index (χ3n) is 26.6. The average Bonchev–Trinajstić information content (AvgIpc) is 1.43. The number of rotatable bonds is 11. The minimum atomic E-state index is -1.19. The third-order valence-corrected chi connectivity index (χ3v) is 26.6. The Labute approximate surface area is 578 Å². The zero-order valence-corrected chi connectivity index (χ0v) is 57.5. The van der Waals surface area contributed by atoms with Gasteiger partial charge in [0.05, 0.1) is 34.3 Å². The standard InChI is InChI=1S/C84H101N5O9/c1-4-30-86-47-53-35-50-25-31-87-46-52-13-8-14-54(37-52)60-21-20-59(91)42-65(60)73-61-24-29-83(71(97-80(94)76(73)83)39-51(27-33-90)34-49-11-6-5-7-12-49)75-62(61)22-23-63-74(75)79(93)98-78(63)70(92)45-82(58-26-32-88-72(41-58)85-3)43-66-64-40-55-18-19-57-15-9-16-68(55)84(57,96)69(64)17-10-28-81(2,95)48-89-77(67(66)44-82)56(36-50)38-53/h5-8,11-14,18-21,35-39,42,51,55,57-58,61-62,64,66-69,72,75,77,85-91,93,95-96H,4,9,15-16,22-34,40-41,43-48H2,1-3H3/b71-39-/t51-,55+,57-,58-,61-,62+,64+,66-,67-,68+,69-,72+,75-,77-,81+,82+,83-,84-/m1/s1. The van der Waals surface area contributed by atoms with E-state index in [1.54, 1.807) is 6.07 Å². The van der Waals surface area contributed by atoms with Crippen LogP contribution in [0.15, 0.2) is 125 Å². The van der Waals surface area contributed by atoms with Crippen LogP contribution in [0.4, 0.5) is 0 Å². The monoisotopic (exact) mass is 1320 g/mol. The number of carbonyl (C=O) groups is 2. The van der Waals surface area contributed by atoms with Gasteiger partial charge in [0.2, 0.25) is 0 Å². The van der Waals surface area contributed by atoms with E-state index in [4.69, 9.17) is 9.15 Å². The number of piperidine rings is 1. The fraction of sp³-hybridized carbons (Fsp3) is 0.548. The van der Waals surface area contributed by atoms with Crippen molar-refractivity contribution in [1.82, 2.24) is 26.6 Å². The summed E-state index contributed by atoms with van der Waals surface area (Å²) in [5.41, 5.74) is 7.29. The van der Waals surface area contributed by atoms with Gasteiger partial charge in [0.25, 0.3) is 5.95 Å². The van der Waals surface area contributed by atoms with Gasteiger partial charge in [-0.3, -0.25) is 4.79 Å². The molecule has 6 heterocycles. The minimum Gasteiger partial charge on any atom is -0.508 e. The number of β-amino-alcohol motifs (C(OH)–C–C–N with tert-alkyl or cyclic N) is 1. The Morgan fingerprint density at radius 3 is 2.55 bits per heavy atom. The van der Waals surface area contributed by atoms with Crippen LogP contribution >= 0.6 is 0 Å². The highest BCUT2D eigenvalue weighted by atomic mass is 16.5. The number of phenolic OH excluding ortho intramolecular Hbond substituents is 1. The summed E-state index contributed by atoms with van der Waals surface area (Å²) < 4.78 is 13.7. The molecule has 4 saturated carbocycles. The molecule has 6 fully saturated rings. The lowest BCUT2D eigenvalue weighted by molar-refractivity contribution is -0.174. The number of ether oxygens (including phenoxy) is 1. The number of cyclic esters (lactones) is 1. The molecule has 14 nitrogen and oxygen atoms in total. The van der Waals surface area contributed by atoms with Crippen molar-refractivity contribution in [3.8, 4) is 34.7 Å². The van der Waals surface area contributed by atoms with Gasteiger partial charge in [-0.05, 0) is 263 Å². The highest BCUT2D eigenvalue weighted by Crippen LogP contribution is 2.74. The van der Waals surface area contributed by atoms with Gasteiger partial charge in [0.15, 0.2) is 11.5 Å². The second kappa shape index (κ2) is 26.4. The number of ketones is 1. The molecule has 18 bridgehead atoms. The van der Waals surface area contributed by atoms with Crippen molar-refractivity contribution in [3.05, 3.63) is 171 Å². The lowest BCUT2D eigenvalue weighted by atomic mass is 9.44. The number of fused-ring (bicyclic) bond motifs is 7. The predicted octanol–water partition coefficient (Wildman–Crippen LogP) is 12.3. The molecule has 0 radical (unpaired) electrons. The van der Waals surface area contributed by atoms with Crippen molar-refractivity contribution >= 4 is 17.3 Å². The predicted molar refractivity (Wildman–Crippen MR) is 379 cm³/mol. The molecule has 5 aromatic rings. The van der Waals surface area contributed by atoms with E-state index >= 15 is 9.59 Å². The van der Waals surface area contributed by atoms with Gasteiger partial charge in [-0.15, -0.1) is 0 Å². The summed E-state index contributed by atoms with van der Waals surface area (Å²) in [7, 11) is 2.02. The molecule has 2 saturated heterocycles. The Morgan fingerprint density at radius 1 is 0.837 bits per heavy atom. The summed E-state index contributed by atoms with van der Waals surface area (Å²) >= 11 is 0. The molecular weight excluding hydrogens is 1220 g/mol. The quantitative estimate of drug-likeness (QED) is 0.0258. The lowest BCUT2D eigenvalue weighted by Crippen LogP contribution is -2.62. The topological polar surface area (TPSA) is 218 Å². The van der Waals surface area contributed by atoms with E-state index < -0.39 is 33.9 Å². The van der Waals surface area contributed by atoms with E-state index in [-0.39, 0.29) is 120 Å². The highest BCUT2D eigenvalue weighted by Gasteiger charge is 2.69. The van der Waals surface area contributed by atoms with Gasteiger partial charge in [-0.2, -0.15) is 0 Å². The lowest BCUT2D eigenvalue weighted by Gasteiger charge is -2.60. The van der Waals surface area contributed by atoms with Crippen LogP contribution in [-0.2, 0) is 41.9 Å². The summed E-state index contributed by atoms with van der Waals surface area (Å²) in [6.07, 6.45) is 19.5. The van der Waals surface area contributed by atoms with Gasteiger partial charge in [0, 0.05) is 68.1 Å². The molecule has 1 spiro atoms. The number of Topliss-reactive ketones (excluding diaryl/α,β-unsaturated/α-hetero) is 1. The van der Waals surface area contributed by atoms with Crippen molar-refractivity contribution < 1.29 is 44.3 Å². The normalized spacial score (nSPS) is 36.1. The van der Waals surface area contributed by atoms with E-state index in [0.29, 0.717) is 81.6 Å². The van der Waals surface area contributed by atoms with Crippen molar-refractivity contribution in [2.45, 2.75) is 172 Å². The molecule has 0 unspecified atom stereocenters. The Hall–Kier alpha value is -6.64. The number of aliphatic hydroxyl groups excluding tert-OH is 1. The summed E-state index contributed by atoms with van der Waals surface area (Å²) in [6.45, 7) is 8.02. The second-order valence-electron chi connectivity index (χ2n) is 32.2. The zero-order valence-electron chi connectivity index (χ0n) is 57.5. The molecule has 18 atom stereocenters. The summed E-state index contributed by atoms with van der Waals surface area (Å²) in [6, 6.07) is 31.3. The molecular formula is C84H101N5O9. The molecule has 14 heteroatoms. The fourth-order valence-corrected chi connectivity index (χ4v) is 22.5. The maximum absolute atomic E-state index is 16.7. The SMILES string of the molecule is CCCNCc1cc2cc(c1)[C@H]1NC[C@@](C)(O)CC#C[C@@H]3[C@@H](C[C@@H]4C=C[C@H]5CCC[C@@H]4[C@@]35O)[C@H]3C[C@@]([C@@H]4CCN[C@H](NC)C4)(CC(=O)c4oc(O)c5c4CC[C@H]4[C@H]6CC[C@]7(C(=C6c6cc(O)ccc6-c6cccc(c6)CNCC2)C(=O)O/C7=C\[C@H](CCO)Cc2ccccc2)[C@@H]54)C[C@H]31. The van der Waals surface area contributed by atoms with Crippen molar-refractivity contribution in [1.29, 1.82) is 0 Å². The number of aliphatic hydroxyl groups is 3. The maximum Gasteiger partial charge on any atom is 0.340 e. The Morgan fingerprint density at radius 2 is 1.70 bits per heavy atom. The first-order valence-corrected chi connectivity index (χ1v) is 37.5. The first-order valence-electron chi connectivity index (χ1n) is 37.5. The summed E-state index contributed by atoms with van der Waals surface area (Å²) in [4.78, 5) is 32.4. The number of hydrogen-bond acceptors (Lipinski definition) is 14. The van der Waals surface area contributed by atoms with Crippen molar-refractivity contribution in [2.24, 2.45) is 75.9 Å². The summed E-state index contributed by atoms with van der Waals surface area (Å²) in [5.74, 6) is 6.42. The molecule has 13 aliphatic rings. The van der Waals surface area contributed by atoms with E-state index in [1.165, 1.54) is 16.7 Å². The smallest absolute Gasteiger partial charge is 0.340 e. The van der Waals surface area contributed by atoms with Crippen LogP contribution in [0.1, 0.15) is 177 Å². The van der Waals surface area contributed by atoms with Gasteiger partial charge < -0.3 is 61.3 Å². The molecule has 0 amide bonds. The van der Waals surface area contributed by atoms with E-state index in [9.17, 15) is 25.5 Å². The van der Waals surface area contributed by atoms with Crippen molar-refractivity contribution in [2.75, 3.05) is 39.8 Å². The number of furan rings is 1. The molecule has 8 aliphatic carbocycles. The van der Waals surface area contributed by atoms with Gasteiger partial charge in [-0.25, -0.2) is 4.79 Å². The number of esters is 1.